The first-order valence-electron chi connectivity index (χ1n) is 7.41. The molecule has 1 amide bonds. The van der Waals surface area contributed by atoms with Crippen molar-refractivity contribution in [2.45, 2.75) is 19.9 Å². The highest BCUT2D eigenvalue weighted by Gasteiger charge is 2.26. The summed E-state index contributed by atoms with van der Waals surface area (Å²) in [6, 6.07) is 4.18. The lowest BCUT2D eigenvalue weighted by Crippen LogP contribution is -2.32. The highest BCUT2D eigenvalue weighted by atomic mass is 35.5. The van der Waals surface area contributed by atoms with Gasteiger partial charge >= 0.3 is 0 Å². The average Bonchev–Trinajstić information content (AvgIpc) is 3.25. The predicted molar refractivity (Wildman–Crippen MR) is 91.2 cm³/mol. The molecule has 0 fully saturated rings. The van der Waals surface area contributed by atoms with Gasteiger partial charge < -0.3 is 9.84 Å². The molecule has 10 heteroatoms. The van der Waals surface area contributed by atoms with E-state index in [-0.39, 0.29) is 23.5 Å². The van der Waals surface area contributed by atoms with Gasteiger partial charge in [0.1, 0.15) is 12.4 Å². The van der Waals surface area contributed by atoms with Crippen LogP contribution in [0.25, 0.3) is 11.6 Å². The van der Waals surface area contributed by atoms with Gasteiger partial charge in [0.25, 0.3) is 5.91 Å². The van der Waals surface area contributed by atoms with Gasteiger partial charge in [0.2, 0.25) is 11.7 Å². The molecule has 2 heterocycles. The second kappa shape index (κ2) is 7.20. The summed E-state index contributed by atoms with van der Waals surface area (Å²) < 4.78 is 5.28. The Bertz CT molecular complexity index is 878. The zero-order chi connectivity index (χ0) is 18.0. The van der Waals surface area contributed by atoms with Crippen molar-refractivity contribution in [3.63, 3.8) is 0 Å². The average molecular weight is 381 g/mol. The number of H-pyrrole nitrogens is 1. The lowest BCUT2D eigenvalue weighted by molar-refractivity contribution is 0.0914. The highest BCUT2D eigenvalue weighted by Crippen LogP contribution is 2.25. The van der Waals surface area contributed by atoms with E-state index in [1.54, 1.807) is 12.1 Å². The number of carbonyl (C=O) groups excluding carboxylic acids is 1. The van der Waals surface area contributed by atoms with Gasteiger partial charge in [-0.3, -0.25) is 9.89 Å². The van der Waals surface area contributed by atoms with Gasteiger partial charge in [0, 0.05) is 5.56 Å². The molecule has 0 aliphatic carbocycles. The molecule has 0 spiro atoms. The molecule has 0 saturated carbocycles. The van der Waals surface area contributed by atoms with Gasteiger partial charge in [0.15, 0.2) is 5.82 Å². The standard InChI is InChI=1S/C15H14Cl2N6O2/c1-7(2)11(15-21-13(23-25-15)12-18-6-19-22-12)20-14(24)8-3-4-9(16)10(17)5-8/h3-7,11H,1-2H3,(H,20,24)(H,18,19,22)/t11-/m1/s1. The van der Waals surface area contributed by atoms with Crippen LogP contribution in [-0.4, -0.2) is 31.2 Å². The van der Waals surface area contributed by atoms with Crippen LogP contribution < -0.4 is 5.32 Å². The number of rotatable bonds is 5. The van der Waals surface area contributed by atoms with Crippen LogP contribution in [0.4, 0.5) is 0 Å². The maximum absolute atomic E-state index is 12.5. The molecule has 3 aromatic rings. The number of amides is 1. The molecular formula is C15H14Cl2N6O2. The molecule has 0 aliphatic rings. The predicted octanol–water partition coefficient (Wildman–Crippen LogP) is 3.29. The van der Waals surface area contributed by atoms with Crippen LogP contribution in [-0.2, 0) is 0 Å². The van der Waals surface area contributed by atoms with E-state index in [2.05, 4.69) is 30.6 Å². The van der Waals surface area contributed by atoms with Crippen molar-refractivity contribution in [3.8, 4) is 11.6 Å². The van der Waals surface area contributed by atoms with Gasteiger partial charge in [-0.2, -0.15) is 10.1 Å². The van der Waals surface area contributed by atoms with E-state index in [0.29, 0.717) is 21.4 Å². The third kappa shape index (κ3) is 3.80. The van der Waals surface area contributed by atoms with Crippen molar-refractivity contribution in [2.75, 3.05) is 0 Å². The van der Waals surface area contributed by atoms with Crippen molar-refractivity contribution >= 4 is 29.1 Å². The summed E-state index contributed by atoms with van der Waals surface area (Å²) in [6.07, 6.45) is 1.34. The van der Waals surface area contributed by atoms with Gasteiger partial charge in [-0.05, 0) is 24.1 Å². The summed E-state index contributed by atoms with van der Waals surface area (Å²) in [5.74, 6) is 0.608. The number of hydrogen-bond acceptors (Lipinski definition) is 6. The Morgan fingerprint density at radius 3 is 2.72 bits per heavy atom. The van der Waals surface area contributed by atoms with E-state index in [9.17, 15) is 4.79 Å². The fourth-order valence-electron chi connectivity index (χ4n) is 2.15. The first-order chi connectivity index (χ1) is 12.0. The van der Waals surface area contributed by atoms with Gasteiger partial charge in [-0.1, -0.05) is 42.2 Å². The third-order valence-electron chi connectivity index (χ3n) is 3.47. The molecule has 0 bridgehead atoms. The highest BCUT2D eigenvalue weighted by molar-refractivity contribution is 6.42. The molecular weight excluding hydrogens is 367 g/mol. The number of aromatic nitrogens is 5. The van der Waals surface area contributed by atoms with E-state index < -0.39 is 6.04 Å². The summed E-state index contributed by atoms with van der Waals surface area (Å²) in [5.41, 5.74) is 0.384. The summed E-state index contributed by atoms with van der Waals surface area (Å²) in [5, 5.41) is 13.8. The van der Waals surface area contributed by atoms with Crippen LogP contribution in [0, 0.1) is 5.92 Å². The normalized spacial score (nSPS) is 12.4. The number of benzene rings is 1. The maximum Gasteiger partial charge on any atom is 0.251 e. The lowest BCUT2D eigenvalue weighted by atomic mass is 10.0. The van der Waals surface area contributed by atoms with Crippen LogP contribution in [0.2, 0.25) is 10.0 Å². The molecule has 1 atom stereocenters. The SMILES string of the molecule is CC(C)[C@@H](NC(=O)c1ccc(Cl)c(Cl)c1)c1nc(-c2ncn[nH]2)no1. The Morgan fingerprint density at radius 1 is 1.28 bits per heavy atom. The van der Waals surface area contributed by atoms with E-state index >= 15 is 0 Å². The van der Waals surface area contributed by atoms with Gasteiger partial charge in [-0.15, -0.1) is 0 Å². The number of nitrogens with zero attached hydrogens (tertiary/aromatic N) is 4. The monoisotopic (exact) mass is 380 g/mol. The summed E-state index contributed by atoms with van der Waals surface area (Å²) in [7, 11) is 0. The van der Waals surface area contributed by atoms with Crippen molar-refractivity contribution in [2.24, 2.45) is 5.92 Å². The quantitative estimate of drug-likeness (QED) is 0.702. The molecule has 0 radical (unpaired) electrons. The Kier molecular flexibility index (Phi) is 5.00. The number of aromatic amines is 1. The lowest BCUT2D eigenvalue weighted by Gasteiger charge is -2.18. The van der Waals surface area contributed by atoms with Gasteiger partial charge in [0.05, 0.1) is 10.0 Å². The van der Waals surface area contributed by atoms with Crippen molar-refractivity contribution in [1.82, 2.24) is 30.6 Å². The first-order valence-corrected chi connectivity index (χ1v) is 8.16. The molecule has 1 aromatic carbocycles. The van der Waals surface area contributed by atoms with Crippen LogP contribution in [0.15, 0.2) is 29.0 Å². The molecule has 0 saturated heterocycles. The van der Waals surface area contributed by atoms with Crippen molar-refractivity contribution in [1.29, 1.82) is 0 Å². The minimum absolute atomic E-state index is 0.00903. The molecule has 0 aliphatic heterocycles. The van der Waals surface area contributed by atoms with E-state index in [1.165, 1.54) is 12.4 Å². The Labute approximate surface area is 152 Å². The largest absolute Gasteiger partial charge is 0.340 e. The summed E-state index contributed by atoms with van der Waals surface area (Å²) >= 11 is 11.8. The molecule has 130 valence electrons. The maximum atomic E-state index is 12.5. The Balaban J connectivity index is 1.82. The zero-order valence-corrected chi connectivity index (χ0v) is 14.8. The summed E-state index contributed by atoms with van der Waals surface area (Å²) in [6.45, 7) is 3.86. The fourth-order valence-corrected chi connectivity index (χ4v) is 2.44. The number of nitrogens with one attached hydrogen (secondary N) is 2. The van der Waals surface area contributed by atoms with Gasteiger partial charge in [-0.25, -0.2) is 4.98 Å². The van der Waals surface area contributed by atoms with Crippen molar-refractivity contribution < 1.29 is 9.32 Å². The topological polar surface area (TPSA) is 110 Å². The Hall–Kier alpha value is -2.45. The van der Waals surface area contributed by atoms with Crippen LogP contribution in [0.1, 0.15) is 36.1 Å². The first kappa shape index (κ1) is 17.4. The number of carbonyl (C=O) groups is 1. The summed E-state index contributed by atoms with van der Waals surface area (Å²) in [4.78, 5) is 20.7. The Morgan fingerprint density at radius 2 is 2.08 bits per heavy atom. The fraction of sp³-hybridized carbons (Fsp3) is 0.267. The minimum atomic E-state index is -0.480. The molecule has 25 heavy (non-hydrogen) atoms. The van der Waals surface area contributed by atoms with Crippen LogP contribution in [0.3, 0.4) is 0 Å². The van der Waals surface area contributed by atoms with E-state index in [1.807, 2.05) is 13.8 Å². The number of halogens is 2. The second-order valence-electron chi connectivity index (χ2n) is 5.61. The number of hydrogen-bond donors (Lipinski definition) is 2. The zero-order valence-electron chi connectivity index (χ0n) is 13.3. The minimum Gasteiger partial charge on any atom is -0.340 e. The molecule has 3 rings (SSSR count). The molecule has 0 unspecified atom stereocenters. The molecule has 8 nitrogen and oxygen atoms in total. The van der Waals surface area contributed by atoms with Crippen LogP contribution in [0.5, 0.6) is 0 Å². The third-order valence-corrected chi connectivity index (χ3v) is 4.21. The second-order valence-corrected chi connectivity index (χ2v) is 6.43. The van der Waals surface area contributed by atoms with E-state index in [0.717, 1.165) is 0 Å². The van der Waals surface area contributed by atoms with Crippen LogP contribution >= 0.6 is 23.2 Å². The van der Waals surface area contributed by atoms with E-state index in [4.69, 9.17) is 27.7 Å². The molecule has 2 N–H and O–H groups in total. The smallest absolute Gasteiger partial charge is 0.251 e. The van der Waals surface area contributed by atoms with Crippen molar-refractivity contribution in [3.05, 3.63) is 46.0 Å². The molecule has 2 aromatic heterocycles.